The highest BCUT2D eigenvalue weighted by atomic mass is 32.1. The molecule has 0 atom stereocenters. The Bertz CT molecular complexity index is 662. The van der Waals surface area contributed by atoms with Crippen molar-refractivity contribution in [3.63, 3.8) is 0 Å². The topological polar surface area (TPSA) is 65.2 Å². The van der Waals surface area contributed by atoms with Gasteiger partial charge in [0.05, 0.1) is 16.9 Å². The van der Waals surface area contributed by atoms with Gasteiger partial charge in [-0.2, -0.15) is 0 Å². The highest BCUT2D eigenvalue weighted by Crippen LogP contribution is 2.24. The summed E-state index contributed by atoms with van der Waals surface area (Å²) in [6.07, 6.45) is 0. The van der Waals surface area contributed by atoms with Gasteiger partial charge in [0.1, 0.15) is 17.4 Å². The third-order valence-corrected chi connectivity index (χ3v) is 3.71. The quantitative estimate of drug-likeness (QED) is 0.696. The number of anilines is 1. The molecule has 1 aromatic carbocycles. The van der Waals surface area contributed by atoms with Crippen LogP contribution in [0.25, 0.3) is 0 Å². The number of nitrogen functional groups attached to an aromatic ring is 1. The van der Waals surface area contributed by atoms with Crippen LogP contribution < -0.4 is 5.73 Å². The molecule has 6 heteroatoms. The molecule has 0 amide bonds. The molecular formula is C15H17FN2O2S. The maximum absolute atomic E-state index is 13.3. The Labute approximate surface area is 126 Å². The Balaban J connectivity index is 2.01. The molecule has 0 bridgehead atoms. The van der Waals surface area contributed by atoms with E-state index in [0.717, 1.165) is 11.8 Å². The van der Waals surface area contributed by atoms with Crippen molar-refractivity contribution in [2.45, 2.75) is 32.8 Å². The minimum absolute atomic E-state index is 0.00120. The Hall–Kier alpha value is -1.95. The molecule has 21 heavy (non-hydrogen) atoms. The molecule has 0 radical (unpaired) electrons. The van der Waals surface area contributed by atoms with Crippen molar-refractivity contribution in [2.24, 2.45) is 0 Å². The maximum atomic E-state index is 13.3. The van der Waals surface area contributed by atoms with Gasteiger partial charge in [-0.3, -0.25) is 0 Å². The molecule has 0 aliphatic carbocycles. The van der Waals surface area contributed by atoms with Gasteiger partial charge in [0.2, 0.25) is 0 Å². The van der Waals surface area contributed by atoms with Crippen molar-refractivity contribution >= 4 is 23.0 Å². The summed E-state index contributed by atoms with van der Waals surface area (Å²) in [4.78, 5) is 16.3. The summed E-state index contributed by atoms with van der Waals surface area (Å²) in [6, 6.07) is 3.84. The molecule has 1 aromatic heterocycles. The number of carbonyl (C=O) groups is 1. The Morgan fingerprint density at radius 2 is 2.14 bits per heavy atom. The summed E-state index contributed by atoms with van der Waals surface area (Å²) in [5.41, 5.74) is 6.41. The average Bonchev–Trinajstić information content (AvgIpc) is 2.88. The predicted octanol–water partition coefficient (Wildman–Crippen LogP) is 3.52. The first-order valence-corrected chi connectivity index (χ1v) is 7.32. The fraction of sp³-hybridized carbons (Fsp3) is 0.333. The van der Waals surface area contributed by atoms with Crippen LogP contribution in [0.3, 0.4) is 0 Å². The number of nitrogens with zero attached hydrogens (tertiary/aromatic N) is 1. The SMILES string of the molecule is CC(C)(C)c1csc(COC(=O)c2ccc(N)c(F)c2)n1. The lowest BCUT2D eigenvalue weighted by Crippen LogP contribution is -2.12. The first kappa shape index (κ1) is 15.4. The van der Waals surface area contributed by atoms with Gasteiger partial charge in [-0.15, -0.1) is 11.3 Å². The number of rotatable bonds is 3. The minimum Gasteiger partial charge on any atom is -0.455 e. The van der Waals surface area contributed by atoms with E-state index in [2.05, 4.69) is 25.8 Å². The average molecular weight is 308 g/mol. The lowest BCUT2D eigenvalue weighted by molar-refractivity contribution is 0.0471. The molecule has 1 heterocycles. The van der Waals surface area contributed by atoms with E-state index in [4.69, 9.17) is 10.5 Å². The van der Waals surface area contributed by atoms with Gasteiger partial charge in [0, 0.05) is 10.8 Å². The number of aromatic nitrogens is 1. The largest absolute Gasteiger partial charge is 0.455 e. The minimum atomic E-state index is -0.631. The van der Waals surface area contributed by atoms with Gasteiger partial charge in [-0.1, -0.05) is 20.8 Å². The standard InChI is InChI=1S/C15H17FN2O2S/c1-15(2,3)12-8-21-13(18-12)7-20-14(19)9-4-5-11(17)10(16)6-9/h4-6,8H,7,17H2,1-3H3. The van der Waals surface area contributed by atoms with Crippen molar-refractivity contribution in [3.8, 4) is 0 Å². The van der Waals surface area contributed by atoms with E-state index < -0.39 is 11.8 Å². The molecule has 2 aromatic rings. The van der Waals surface area contributed by atoms with Gasteiger partial charge < -0.3 is 10.5 Å². The Kier molecular flexibility index (Phi) is 4.27. The van der Waals surface area contributed by atoms with Crippen molar-refractivity contribution in [1.29, 1.82) is 0 Å². The zero-order valence-electron chi connectivity index (χ0n) is 12.1. The van der Waals surface area contributed by atoms with E-state index in [1.165, 1.54) is 23.5 Å². The Morgan fingerprint density at radius 1 is 1.43 bits per heavy atom. The number of nitrogens with two attached hydrogens (primary N) is 1. The number of thiazole rings is 1. The molecule has 0 spiro atoms. The lowest BCUT2D eigenvalue weighted by atomic mass is 9.93. The normalized spacial score (nSPS) is 11.4. The van der Waals surface area contributed by atoms with Gasteiger partial charge in [0.15, 0.2) is 0 Å². The fourth-order valence-electron chi connectivity index (χ4n) is 1.59. The summed E-state index contributed by atoms with van der Waals surface area (Å²) in [5.74, 6) is -1.23. The molecule has 0 fully saturated rings. The van der Waals surface area contributed by atoms with Gasteiger partial charge in [0.25, 0.3) is 0 Å². The molecule has 0 aliphatic rings. The molecule has 112 valence electrons. The van der Waals surface area contributed by atoms with E-state index in [1.807, 2.05) is 5.38 Å². The van der Waals surface area contributed by atoms with E-state index in [0.29, 0.717) is 5.01 Å². The van der Waals surface area contributed by atoms with Crippen molar-refractivity contribution in [1.82, 2.24) is 4.98 Å². The molecule has 4 nitrogen and oxygen atoms in total. The smallest absolute Gasteiger partial charge is 0.338 e. The van der Waals surface area contributed by atoms with Crippen LogP contribution in [0.4, 0.5) is 10.1 Å². The maximum Gasteiger partial charge on any atom is 0.338 e. The summed E-state index contributed by atoms with van der Waals surface area (Å²) in [7, 11) is 0. The zero-order chi connectivity index (χ0) is 15.6. The van der Waals surface area contributed by atoms with Gasteiger partial charge >= 0.3 is 5.97 Å². The number of esters is 1. The number of hydrogen-bond acceptors (Lipinski definition) is 5. The van der Waals surface area contributed by atoms with Crippen LogP contribution in [0.1, 0.15) is 41.8 Å². The van der Waals surface area contributed by atoms with Gasteiger partial charge in [-0.05, 0) is 18.2 Å². The summed E-state index contributed by atoms with van der Waals surface area (Å²) in [6.45, 7) is 6.27. The van der Waals surface area contributed by atoms with Crippen molar-refractivity contribution in [2.75, 3.05) is 5.73 Å². The van der Waals surface area contributed by atoms with Crippen LogP contribution in [0.15, 0.2) is 23.6 Å². The third kappa shape index (κ3) is 3.78. The monoisotopic (exact) mass is 308 g/mol. The molecule has 0 aliphatic heterocycles. The third-order valence-electron chi connectivity index (χ3n) is 2.88. The van der Waals surface area contributed by atoms with E-state index in [1.54, 1.807) is 0 Å². The highest BCUT2D eigenvalue weighted by Gasteiger charge is 2.18. The van der Waals surface area contributed by atoms with E-state index in [9.17, 15) is 9.18 Å². The first-order valence-electron chi connectivity index (χ1n) is 6.44. The summed E-state index contributed by atoms with van der Waals surface area (Å²) < 4.78 is 18.4. The highest BCUT2D eigenvalue weighted by molar-refractivity contribution is 7.09. The Morgan fingerprint density at radius 3 is 2.71 bits per heavy atom. The lowest BCUT2D eigenvalue weighted by Gasteiger charge is -2.14. The first-order chi connectivity index (χ1) is 9.77. The molecule has 2 rings (SSSR count). The number of benzene rings is 1. The summed E-state index contributed by atoms with van der Waals surface area (Å²) in [5, 5.41) is 2.66. The second kappa shape index (κ2) is 5.81. The molecular weight excluding hydrogens is 291 g/mol. The van der Waals surface area contributed by atoms with Crippen LogP contribution in [0, 0.1) is 5.82 Å². The van der Waals surface area contributed by atoms with Crippen LogP contribution >= 0.6 is 11.3 Å². The van der Waals surface area contributed by atoms with E-state index >= 15 is 0 Å². The van der Waals surface area contributed by atoms with Crippen molar-refractivity contribution < 1.29 is 13.9 Å². The van der Waals surface area contributed by atoms with Crippen LogP contribution in [0.5, 0.6) is 0 Å². The molecule has 0 unspecified atom stereocenters. The molecule has 0 saturated carbocycles. The predicted molar refractivity (Wildman–Crippen MR) is 80.7 cm³/mol. The van der Waals surface area contributed by atoms with E-state index in [-0.39, 0.29) is 23.3 Å². The second-order valence-electron chi connectivity index (χ2n) is 5.69. The van der Waals surface area contributed by atoms with Crippen molar-refractivity contribution in [3.05, 3.63) is 45.7 Å². The number of ether oxygens (including phenoxy) is 1. The second-order valence-corrected chi connectivity index (χ2v) is 6.63. The van der Waals surface area contributed by atoms with Gasteiger partial charge in [-0.25, -0.2) is 14.2 Å². The molecule has 0 saturated heterocycles. The van der Waals surface area contributed by atoms with Crippen LogP contribution in [-0.4, -0.2) is 11.0 Å². The number of halogens is 1. The van der Waals surface area contributed by atoms with Crippen LogP contribution in [0.2, 0.25) is 0 Å². The fourth-order valence-corrected chi connectivity index (χ4v) is 2.52. The van der Waals surface area contributed by atoms with Crippen LogP contribution in [-0.2, 0) is 16.8 Å². The summed E-state index contributed by atoms with van der Waals surface area (Å²) >= 11 is 1.44. The number of hydrogen-bond donors (Lipinski definition) is 1. The zero-order valence-corrected chi connectivity index (χ0v) is 13.0. The molecule has 2 N–H and O–H groups in total. The number of carbonyl (C=O) groups excluding carboxylic acids is 1.